The van der Waals surface area contributed by atoms with Crippen molar-refractivity contribution in [3.8, 4) is 5.75 Å². The van der Waals surface area contributed by atoms with Crippen LogP contribution in [-0.4, -0.2) is 21.7 Å². The molecule has 2 aromatic rings. The number of tetrazole rings is 1. The van der Waals surface area contributed by atoms with Gasteiger partial charge in [-0.1, -0.05) is 16.8 Å². The van der Waals surface area contributed by atoms with Crippen molar-refractivity contribution in [2.75, 3.05) is 6.61 Å². The number of aromatic nitrogens is 4. The van der Waals surface area contributed by atoms with Crippen LogP contribution in [0.2, 0.25) is 0 Å². The molecule has 0 atom stereocenters. The van der Waals surface area contributed by atoms with Crippen LogP contribution < -0.4 is 9.42 Å². The molecule has 1 aliphatic heterocycles. The van der Waals surface area contributed by atoms with Crippen LogP contribution in [0, 0.1) is 6.92 Å². The van der Waals surface area contributed by atoms with E-state index in [0.717, 1.165) is 25.3 Å². The zero-order valence-electron chi connectivity index (χ0n) is 12.0. The minimum atomic E-state index is 0.625. The lowest BCUT2D eigenvalue weighted by Gasteiger charge is -2.05. The monoisotopic (exact) mass is 273 g/mol. The van der Waals surface area contributed by atoms with Gasteiger partial charge in [-0.25, -0.2) is 0 Å². The van der Waals surface area contributed by atoms with Gasteiger partial charge in [-0.15, -0.1) is 4.68 Å². The minimum Gasteiger partial charge on any atom is -0.490 e. The van der Waals surface area contributed by atoms with E-state index >= 15 is 0 Å². The second-order valence-corrected chi connectivity index (χ2v) is 5.32. The van der Waals surface area contributed by atoms with Crippen molar-refractivity contribution in [1.29, 1.82) is 0 Å². The van der Waals surface area contributed by atoms with Gasteiger partial charge in [0.25, 0.3) is 5.82 Å². The Morgan fingerprint density at radius 3 is 3.15 bits per heavy atom. The molecule has 0 aliphatic carbocycles. The molecule has 3 rings (SSSR count). The zero-order chi connectivity index (χ0) is 13.8. The molecular formula is C15H21N4O+. The molecule has 20 heavy (non-hydrogen) atoms. The third-order valence-electron chi connectivity index (χ3n) is 3.68. The fourth-order valence-corrected chi connectivity index (χ4v) is 2.62. The average molecular weight is 273 g/mol. The van der Waals surface area contributed by atoms with Gasteiger partial charge in [-0.05, 0) is 43.9 Å². The van der Waals surface area contributed by atoms with E-state index in [2.05, 4.69) is 29.5 Å². The molecule has 1 aliphatic rings. The van der Waals surface area contributed by atoms with Crippen molar-refractivity contribution < 1.29 is 9.42 Å². The van der Waals surface area contributed by atoms with Crippen LogP contribution in [-0.2, 0) is 19.5 Å². The lowest BCUT2D eigenvalue weighted by atomic mass is 10.2. The SMILES string of the molecule is Cc1cccc(OCCn2nn[n+]3c2CCCCC3)c1. The predicted octanol–water partition coefficient (Wildman–Crippen LogP) is 1.68. The van der Waals surface area contributed by atoms with Crippen molar-refractivity contribution in [2.45, 2.75) is 45.7 Å². The van der Waals surface area contributed by atoms with Gasteiger partial charge in [-0.2, -0.15) is 0 Å². The second-order valence-electron chi connectivity index (χ2n) is 5.32. The number of ether oxygens (including phenoxy) is 1. The fraction of sp³-hybridized carbons (Fsp3) is 0.533. The Hall–Kier alpha value is -1.91. The van der Waals surface area contributed by atoms with E-state index in [0.29, 0.717) is 6.61 Å². The normalized spacial score (nSPS) is 14.7. The minimum absolute atomic E-state index is 0.625. The highest BCUT2D eigenvalue weighted by Crippen LogP contribution is 2.12. The number of aryl methyl sites for hydroxylation is 2. The maximum Gasteiger partial charge on any atom is 0.257 e. The van der Waals surface area contributed by atoms with Crippen LogP contribution in [0.4, 0.5) is 0 Å². The van der Waals surface area contributed by atoms with Crippen LogP contribution in [0.5, 0.6) is 5.75 Å². The van der Waals surface area contributed by atoms with Gasteiger partial charge in [0.05, 0.1) is 6.54 Å². The molecule has 0 amide bonds. The molecule has 0 fully saturated rings. The lowest BCUT2D eigenvalue weighted by Crippen LogP contribution is -2.39. The van der Waals surface area contributed by atoms with Gasteiger partial charge in [0, 0.05) is 6.42 Å². The molecule has 0 N–H and O–H groups in total. The van der Waals surface area contributed by atoms with E-state index in [4.69, 9.17) is 4.74 Å². The number of hydrogen-bond donors (Lipinski definition) is 0. The average Bonchev–Trinajstić information content (AvgIpc) is 2.68. The first-order chi connectivity index (χ1) is 9.83. The van der Waals surface area contributed by atoms with Gasteiger partial charge in [0.15, 0.2) is 5.21 Å². The number of rotatable bonds is 4. The Morgan fingerprint density at radius 1 is 1.30 bits per heavy atom. The summed E-state index contributed by atoms with van der Waals surface area (Å²) >= 11 is 0. The summed E-state index contributed by atoms with van der Waals surface area (Å²) in [6.45, 7) is 4.44. The zero-order valence-corrected chi connectivity index (χ0v) is 12.0. The third kappa shape index (κ3) is 2.98. The Labute approximate surface area is 119 Å². The fourth-order valence-electron chi connectivity index (χ4n) is 2.62. The molecule has 1 aromatic heterocycles. The third-order valence-corrected chi connectivity index (χ3v) is 3.68. The smallest absolute Gasteiger partial charge is 0.257 e. The Balaban J connectivity index is 1.60. The Morgan fingerprint density at radius 2 is 2.25 bits per heavy atom. The topological polar surface area (TPSA) is 43.8 Å². The Bertz CT molecular complexity index is 579. The summed E-state index contributed by atoms with van der Waals surface area (Å²) < 4.78 is 9.81. The lowest BCUT2D eigenvalue weighted by molar-refractivity contribution is -0.760. The van der Waals surface area contributed by atoms with E-state index in [1.54, 1.807) is 0 Å². The van der Waals surface area contributed by atoms with Crippen molar-refractivity contribution in [2.24, 2.45) is 0 Å². The maximum absolute atomic E-state index is 5.78. The number of hydrogen-bond acceptors (Lipinski definition) is 3. The summed E-state index contributed by atoms with van der Waals surface area (Å²) in [4.78, 5) is 0. The van der Waals surface area contributed by atoms with Crippen LogP contribution in [0.1, 0.15) is 30.7 Å². The predicted molar refractivity (Wildman–Crippen MR) is 74.4 cm³/mol. The van der Waals surface area contributed by atoms with Gasteiger partial charge < -0.3 is 4.74 Å². The first-order valence-electron chi connectivity index (χ1n) is 7.35. The summed E-state index contributed by atoms with van der Waals surface area (Å²) in [5, 5.41) is 8.47. The first kappa shape index (κ1) is 13.1. The highest BCUT2D eigenvalue weighted by Gasteiger charge is 2.21. The second kappa shape index (κ2) is 6.03. The highest BCUT2D eigenvalue weighted by atomic mass is 16.5. The summed E-state index contributed by atoms with van der Waals surface area (Å²) in [7, 11) is 0. The summed E-state index contributed by atoms with van der Waals surface area (Å²) in [6.07, 6.45) is 4.78. The highest BCUT2D eigenvalue weighted by molar-refractivity contribution is 5.27. The number of nitrogens with zero attached hydrogens (tertiary/aromatic N) is 4. The molecule has 2 heterocycles. The van der Waals surface area contributed by atoms with Crippen molar-refractivity contribution in [1.82, 2.24) is 15.1 Å². The van der Waals surface area contributed by atoms with E-state index in [1.165, 1.54) is 30.7 Å². The first-order valence-corrected chi connectivity index (χ1v) is 7.35. The molecule has 0 unspecified atom stereocenters. The summed E-state index contributed by atoms with van der Waals surface area (Å²) in [6, 6.07) is 8.13. The van der Waals surface area contributed by atoms with Crippen molar-refractivity contribution in [3.05, 3.63) is 35.7 Å². The number of benzene rings is 1. The van der Waals surface area contributed by atoms with E-state index in [-0.39, 0.29) is 0 Å². The van der Waals surface area contributed by atoms with E-state index in [1.807, 2.05) is 21.5 Å². The van der Waals surface area contributed by atoms with Crippen molar-refractivity contribution in [3.63, 3.8) is 0 Å². The maximum atomic E-state index is 5.78. The van der Waals surface area contributed by atoms with Crippen LogP contribution in [0.3, 0.4) is 0 Å². The number of fused-ring (bicyclic) bond motifs is 1. The summed E-state index contributed by atoms with van der Waals surface area (Å²) in [5.41, 5.74) is 1.22. The molecule has 106 valence electrons. The molecule has 5 nitrogen and oxygen atoms in total. The van der Waals surface area contributed by atoms with Gasteiger partial charge in [-0.3, -0.25) is 0 Å². The van der Waals surface area contributed by atoms with Crippen LogP contribution in [0.25, 0.3) is 0 Å². The van der Waals surface area contributed by atoms with Gasteiger partial charge >= 0.3 is 0 Å². The molecule has 0 spiro atoms. The standard InChI is InChI=1S/C15H21N4O/c1-13-6-5-7-14(12-13)20-11-10-19-15-8-3-2-4-9-18(15)16-17-19/h5-7,12H,2-4,8-11H2,1H3/q+1. The van der Waals surface area contributed by atoms with Gasteiger partial charge in [0.2, 0.25) is 0 Å². The molecular weight excluding hydrogens is 252 g/mol. The summed E-state index contributed by atoms with van der Waals surface area (Å²) in [5.74, 6) is 2.15. The van der Waals surface area contributed by atoms with E-state index < -0.39 is 0 Å². The Kier molecular flexibility index (Phi) is 3.95. The molecule has 0 saturated carbocycles. The van der Waals surface area contributed by atoms with Crippen LogP contribution in [0.15, 0.2) is 24.3 Å². The molecule has 5 heteroatoms. The van der Waals surface area contributed by atoms with Crippen LogP contribution >= 0.6 is 0 Å². The molecule has 0 saturated heterocycles. The molecule has 1 aromatic carbocycles. The van der Waals surface area contributed by atoms with Crippen molar-refractivity contribution >= 4 is 0 Å². The molecule has 0 radical (unpaired) electrons. The largest absolute Gasteiger partial charge is 0.490 e. The molecule has 0 bridgehead atoms. The van der Waals surface area contributed by atoms with Gasteiger partial charge in [0.1, 0.15) is 24.1 Å². The quantitative estimate of drug-likeness (QED) is 0.796. The van der Waals surface area contributed by atoms with E-state index in [9.17, 15) is 0 Å².